The SMILES string of the molecule is COc1ccc(C2=C(F)c3ccccc3C2)cc1. The molecule has 0 aromatic heterocycles. The lowest BCUT2D eigenvalue weighted by atomic mass is 10.0. The molecule has 0 unspecified atom stereocenters. The van der Waals surface area contributed by atoms with Crippen LogP contribution < -0.4 is 4.74 Å². The Kier molecular flexibility index (Phi) is 2.63. The third-order valence-electron chi connectivity index (χ3n) is 3.32. The lowest BCUT2D eigenvalue weighted by molar-refractivity contribution is 0.415. The molecule has 2 heteroatoms. The van der Waals surface area contributed by atoms with Gasteiger partial charge >= 0.3 is 0 Å². The molecule has 1 aliphatic carbocycles. The number of benzene rings is 2. The van der Waals surface area contributed by atoms with Gasteiger partial charge in [-0.25, -0.2) is 4.39 Å². The maximum absolute atomic E-state index is 14.3. The van der Waals surface area contributed by atoms with Crippen molar-refractivity contribution in [1.82, 2.24) is 0 Å². The van der Waals surface area contributed by atoms with Gasteiger partial charge < -0.3 is 4.74 Å². The first-order valence-electron chi connectivity index (χ1n) is 5.91. The molecule has 0 saturated carbocycles. The Bertz CT molecular complexity index is 611. The summed E-state index contributed by atoms with van der Waals surface area (Å²) in [6, 6.07) is 15.2. The van der Waals surface area contributed by atoms with Crippen molar-refractivity contribution < 1.29 is 9.13 Å². The van der Waals surface area contributed by atoms with Crippen molar-refractivity contribution >= 4 is 11.4 Å². The van der Waals surface area contributed by atoms with Crippen molar-refractivity contribution in [3.63, 3.8) is 0 Å². The summed E-state index contributed by atoms with van der Waals surface area (Å²) in [7, 11) is 1.63. The average Bonchev–Trinajstić information content (AvgIpc) is 2.77. The Morgan fingerprint density at radius 3 is 2.39 bits per heavy atom. The molecule has 0 amide bonds. The molecule has 1 aliphatic rings. The lowest BCUT2D eigenvalue weighted by Gasteiger charge is -2.04. The van der Waals surface area contributed by atoms with Crippen molar-refractivity contribution in [1.29, 1.82) is 0 Å². The van der Waals surface area contributed by atoms with Gasteiger partial charge in [0.05, 0.1) is 7.11 Å². The number of rotatable bonds is 2. The summed E-state index contributed by atoms with van der Waals surface area (Å²) in [5.41, 5.74) is 3.47. The quantitative estimate of drug-likeness (QED) is 0.768. The molecule has 2 aromatic rings. The average molecular weight is 240 g/mol. The van der Waals surface area contributed by atoms with Gasteiger partial charge in [-0.3, -0.25) is 0 Å². The standard InChI is InChI=1S/C16H13FO/c1-18-13-8-6-11(7-9-13)15-10-12-4-2-3-5-14(12)16(15)17/h2-9H,10H2,1H3. The van der Waals surface area contributed by atoms with Crippen LogP contribution in [0.25, 0.3) is 11.4 Å². The van der Waals surface area contributed by atoms with Crippen LogP contribution in [0.3, 0.4) is 0 Å². The van der Waals surface area contributed by atoms with Crippen LogP contribution in [0.1, 0.15) is 16.7 Å². The van der Waals surface area contributed by atoms with Gasteiger partial charge in [-0.15, -0.1) is 0 Å². The Balaban J connectivity index is 2.01. The number of fused-ring (bicyclic) bond motifs is 1. The fourth-order valence-corrected chi connectivity index (χ4v) is 2.34. The van der Waals surface area contributed by atoms with E-state index in [1.807, 2.05) is 48.5 Å². The van der Waals surface area contributed by atoms with E-state index in [-0.39, 0.29) is 5.83 Å². The topological polar surface area (TPSA) is 9.23 Å². The lowest BCUT2D eigenvalue weighted by Crippen LogP contribution is -1.87. The first-order chi connectivity index (χ1) is 8.79. The van der Waals surface area contributed by atoms with E-state index in [0.29, 0.717) is 6.42 Å². The number of hydrogen-bond acceptors (Lipinski definition) is 1. The van der Waals surface area contributed by atoms with E-state index >= 15 is 0 Å². The van der Waals surface area contributed by atoms with Crippen molar-refractivity contribution in [3.05, 3.63) is 65.2 Å². The summed E-state index contributed by atoms with van der Waals surface area (Å²) in [5, 5.41) is 0. The molecule has 2 aromatic carbocycles. The molecule has 0 radical (unpaired) electrons. The molecule has 18 heavy (non-hydrogen) atoms. The second-order valence-electron chi connectivity index (χ2n) is 4.35. The predicted molar refractivity (Wildman–Crippen MR) is 71.1 cm³/mol. The minimum absolute atomic E-state index is 0.101. The summed E-state index contributed by atoms with van der Waals surface area (Å²) in [6.07, 6.45) is 0.661. The Labute approximate surface area is 106 Å². The maximum atomic E-state index is 14.3. The highest BCUT2D eigenvalue weighted by atomic mass is 19.1. The van der Waals surface area contributed by atoms with Crippen LogP contribution in [0.15, 0.2) is 48.5 Å². The van der Waals surface area contributed by atoms with Crippen molar-refractivity contribution in [2.45, 2.75) is 6.42 Å². The highest BCUT2D eigenvalue weighted by Gasteiger charge is 2.22. The van der Waals surface area contributed by atoms with Gasteiger partial charge in [-0.1, -0.05) is 36.4 Å². The Morgan fingerprint density at radius 2 is 1.72 bits per heavy atom. The van der Waals surface area contributed by atoms with E-state index in [9.17, 15) is 4.39 Å². The highest BCUT2D eigenvalue weighted by Crippen LogP contribution is 2.39. The van der Waals surface area contributed by atoms with Gasteiger partial charge in [-0.2, -0.15) is 0 Å². The van der Waals surface area contributed by atoms with Crippen molar-refractivity contribution in [2.75, 3.05) is 7.11 Å². The first-order valence-corrected chi connectivity index (χ1v) is 5.91. The molecule has 0 fully saturated rings. The molecule has 0 saturated heterocycles. The molecule has 0 spiro atoms. The largest absolute Gasteiger partial charge is 0.497 e. The van der Waals surface area contributed by atoms with Crippen LogP contribution in [0.5, 0.6) is 5.75 Å². The van der Waals surface area contributed by atoms with Gasteiger partial charge in [-0.05, 0) is 23.3 Å². The van der Waals surface area contributed by atoms with Crippen LogP contribution in [-0.4, -0.2) is 7.11 Å². The van der Waals surface area contributed by atoms with E-state index < -0.39 is 0 Å². The van der Waals surface area contributed by atoms with E-state index in [2.05, 4.69) is 0 Å². The third-order valence-corrected chi connectivity index (χ3v) is 3.32. The molecule has 0 bridgehead atoms. The Morgan fingerprint density at radius 1 is 1.00 bits per heavy atom. The second kappa shape index (κ2) is 4.30. The summed E-state index contributed by atoms with van der Waals surface area (Å²) in [6.45, 7) is 0. The summed E-state index contributed by atoms with van der Waals surface area (Å²) in [5.74, 6) is 0.686. The minimum atomic E-state index is -0.101. The zero-order valence-electron chi connectivity index (χ0n) is 10.1. The zero-order valence-corrected chi connectivity index (χ0v) is 10.1. The minimum Gasteiger partial charge on any atom is -0.497 e. The fraction of sp³-hybridized carbons (Fsp3) is 0.125. The molecule has 0 atom stereocenters. The molecule has 0 heterocycles. The van der Waals surface area contributed by atoms with E-state index in [1.54, 1.807) is 7.11 Å². The van der Waals surface area contributed by atoms with Crippen LogP contribution >= 0.6 is 0 Å². The number of methoxy groups -OCH3 is 1. The van der Waals surface area contributed by atoms with Crippen molar-refractivity contribution in [3.8, 4) is 5.75 Å². The monoisotopic (exact) mass is 240 g/mol. The summed E-state index contributed by atoms with van der Waals surface area (Å²) >= 11 is 0. The molecular formula is C16H13FO. The van der Waals surface area contributed by atoms with Crippen LogP contribution in [0.2, 0.25) is 0 Å². The molecular weight excluding hydrogens is 227 g/mol. The molecule has 0 N–H and O–H groups in total. The maximum Gasteiger partial charge on any atom is 0.134 e. The highest BCUT2D eigenvalue weighted by molar-refractivity contribution is 5.93. The molecule has 0 aliphatic heterocycles. The predicted octanol–water partition coefficient (Wildman–Crippen LogP) is 4.09. The van der Waals surface area contributed by atoms with Crippen LogP contribution in [-0.2, 0) is 6.42 Å². The molecule has 3 rings (SSSR count). The summed E-state index contributed by atoms with van der Waals surface area (Å²) < 4.78 is 19.4. The number of halogens is 1. The van der Waals surface area contributed by atoms with E-state index in [1.165, 1.54) is 0 Å². The number of ether oxygens (including phenoxy) is 1. The van der Waals surface area contributed by atoms with E-state index in [4.69, 9.17) is 4.74 Å². The Hall–Kier alpha value is -2.09. The second-order valence-corrected chi connectivity index (χ2v) is 4.35. The molecule has 90 valence electrons. The van der Waals surface area contributed by atoms with Gasteiger partial charge in [0.1, 0.15) is 11.6 Å². The third kappa shape index (κ3) is 1.70. The smallest absolute Gasteiger partial charge is 0.134 e. The van der Waals surface area contributed by atoms with Gasteiger partial charge in [0.2, 0.25) is 0 Å². The van der Waals surface area contributed by atoms with E-state index in [0.717, 1.165) is 28.0 Å². The van der Waals surface area contributed by atoms with Gasteiger partial charge in [0.25, 0.3) is 0 Å². The van der Waals surface area contributed by atoms with Gasteiger partial charge in [0, 0.05) is 17.6 Å². The number of allylic oxidation sites excluding steroid dienone is 1. The molecule has 1 nitrogen and oxygen atoms in total. The van der Waals surface area contributed by atoms with Crippen LogP contribution in [0.4, 0.5) is 4.39 Å². The van der Waals surface area contributed by atoms with Crippen LogP contribution in [0, 0.1) is 0 Å². The zero-order chi connectivity index (χ0) is 12.5. The normalized spacial score (nSPS) is 13.7. The number of hydrogen-bond donors (Lipinski definition) is 0. The van der Waals surface area contributed by atoms with Crippen molar-refractivity contribution in [2.24, 2.45) is 0 Å². The summed E-state index contributed by atoms with van der Waals surface area (Å²) in [4.78, 5) is 0. The van der Waals surface area contributed by atoms with Gasteiger partial charge in [0.15, 0.2) is 0 Å². The fourth-order valence-electron chi connectivity index (χ4n) is 2.34. The first kappa shape index (κ1) is 11.0.